The van der Waals surface area contributed by atoms with Crippen LogP contribution in [0.4, 0.5) is 10.1 Å². The fourth-order valence-electron chi connectivity index (χ4n) is 1.91. The number of thiophene rings is 1. The normalized spacial score (nSPS) is 10.0. The quantitative estimate of drug-likeness (QED) is 0.552. The third-order valence-corrected chi connectivity index (χ3v) is 4.06. The van der Waals surface area contributed by atoms with Crippen molar-refractivity contribution < 1.29 is 18.7 Å². The van der Waals surface area contributed by atoms with E-state index in [9.17, 15) is 9.18 Å². The Morgan fingerprint density at radius 3 is 2.62 bits per heavy atom. The highest BCUT2D eigenvalue weighted by molar-refractivity contribution is 7.21. The van der Waals surface area contributed by atoms with Crippen LogP contribution in [-0.2, 0) is 4.74 Å². The van der Waals surface area contributed by atoms with E-state index in [0.717, 1.165) is 0 Å². The highest BCUT2D eigenvalue weighted by Gasteiger charge is 2.15. The standard InChI is InChI=1S/C15H11FN2O3S.C2H6/c1-20-15(19)13-7-10-14(22-13)12(4-5-18-10)21-11-3-2-8(17)6-9(11)16;1-2/h2-7H,17H2,1H3;1-2H3. The van der Waals surface area contributed by atoms with Crippen LogP contribution in [0.25, 0.3) is 10.2 Å². The SMILES string of the molecule is CC.COC(=O)c1cc2nccc(Oc3ccc(N)cc3F)c2s1. The first-order valence-electron chi connectivity index (χ1n) is 7.28. The first-order chi connectivity index (χ1) is 11.6. The van der Waals surface area contributed by atoms with E-state index in [0.29, 0.717) is 26.5 Å². The minimum absolute atomic E-state index is 0.0507. The van der Waals surface area contributed by atoms with E-state index in [1.165, 1.54) is 36.8 Å². The van der Waals surface area contributed by atoms with Crippen LogP contribution in [0.2, 0.25) is 0 Å². The van der Waals surface area contributed by atoms with Crippen LogP contribution in [0.5, 0.6) is 11.5 Å². The highest BCUT2D eigenvalue weighted by Crippen LogP contribution is 2.36. The summed E-state index contributed by atoms with van der Waals surface area (Å²) in [6.45, 7) is 4.00. The molecule has 7 heteroatoms. The number of carbonyl (C=O) groups is 1. The first-order valence-corrected chi connectivity index (χ1v) is 8.10. The van der Waals surface area contributed by atoms with Gasteiger partial charge in [-0.3, -0.25) is 4.98 Å². The number of benzene rings is 1. The van der Waals surface area contributed by atoms with E-state index in [1.807, 2.05) is 13.8 Å². The van der Waals surface area contributed by atoms with Crippen LogP contribution in [0.1, 0.15) is 23.5 Å². The molecule has 0 aliphatic rings. The Morgan fingerprint density at radius 1 is 1.21 bits per heavy atom. The molecule has 2 heterocycles. The minimum Gasteiger partial charge on any atom is -0.465 e. The van der Waals surface area contributed by atoms with Gasteiger partial charge in [0.25, 0.3) is 0 Å². The monoisotopic (exact) mass is 348 g/mol. The molecule has 2 aromatic heterocycles. The van der Waals surface area contributed by atoms with Gasteiger partial charge in [0.05, 0.1) is 17.3 Å². The number of ether oxygens (including phenoxy) is 2. The molecule has 0 saturated carbocycles. The maximum absolute atomic E-state index is 13.8. The van der Waals surface area contributed by atoms with Gasteiger partial charge in [0.2, 0.25) is 0 Å². The predicted molar refractivity (Wildman–Crippen MR) is 93.2 cm³/mol. The summed E-state index contributed by atoms with van der Waals surface area (Å²) in [5, 5.41) is 0. The molecule has 3 aromatic rings. The van der Waals surface area contributed by atoms with Crippen molar-refractivity contribution in [3.8, 4) is 11.5 Å². The zero-order valence-electron chi connectivity index (χ0n) is 13.5. The molecule has 0 aliphatic heterocycles. The Kier molecular flexibility index (Phi) is 5.70. The van der Waals surface area contributed by atoms with Gasteiger partial charge >= 0.3 is 5.97 Å². The van der Waals surface area contributed by atoms with Gasteiger partial charge < -0.3 is 15.2 Å². The van der Waals surface area contributed by atoms with Crippen molar-refractivity contribution in [3.05, 3.63) is 47.2 Å². The molecule has 0 radical (unpaired) electrons. The number of nitrogens with zero attached hydrogens (tertiary/aromatic N) is 1. The predicted octanol–water partition coefficient (Wildman–Crippen LogP) is 4.62. The fraction of sp³-hybridized carbons (Fsp3) is 0.176. The van der Waals surface area contributed by atoms with Gasteiger partial charge in [0.1, 0.15) is 10.6 Å². The van der Waals surface area contributed by atoms with Crippen LogP contribution in [0.3, 0.4) is 0 Å². The minimum atomic E-state index is -0.560. The molecule has 0 saturated heterocycles. The van der Waals surface area contributed by atoms with E-state index in [4.69, 9.17) is 10.5 Å². The summed E-state index contributed by atoms with van der Waals surface area (Å²) < 4.78 is 24.7. The average molecular weight is 348 g/mol. The molecule has 24 heavy (non-hydrogen) atoms. The third kappa shape index (κ3) is 3.62. The Hall–Kier alpha value is -2.67. The molecular weight excluding hydrogens is 331 g/mol. The van der Waals surface area contributed by atoms with Crippen LogP contribution in [-0.4, -0.2) is 18.1 Å². The van der Waals surface area contributed by atoms with Gasteiger partial charge in [-0.25, -0.2) is 9.18 Å². The molecule has 0 aliphatic carbocycles. The smallest absolute Gasteiger partial charge is 0.348 e. The Balaban J connectivity index is 0.00000100. The number of anilines is 1. The second-order valence-corrected chi connectivity index (χ2v) is 5.47. The first kappa shape index (κ1) is 17.7. The van der Waals surface area contributed by atoms with Crippen molar-refractivity contribution in [1.29, 1.82) is 0 Å². The summed E-state index contributed by atoms with van der Waals surface area (Å²) >= 11 is 1.18. The van der Waals surface area contributed by atoms with Crippen LogP contribution in [0.15, 0.2) is 36.5 Å². The number of hydrogen-bond acceptors (Lipinski definition) is 6. The van der Waals surface area contributed by atoms with Crippen LogP contribution < -0.4 is 10.5 Å². The summed E-state index contributed by atoms with van der Waals surface area (Å²) in [6, 6.07) is 7.40. The number of halogens is 1. The highest BCUT2D eigenvalue weighted by atomic mass is 32.1. The molecule has 0 spiro atoms. The number of nitrogens with two attached hydrogens (primary N) is 1. The van der Waals surface area contributed by atoms with Gasteiger partial charge in [-0.05, 0) is 18.2 Å². The lowest BCUT2D eigenvalue weighted by atomic mass is 10.3. The van der Waals surface area contributed by atoms with Gasteiger partial charge in [0, 0.05) is 24.0 Å². The lowest BCUT2D eigenvalue weighted by Gasteiger charge is -2.07. The van der Waals surface area contributed by atoms with Crippen molar-refractivity contribution in [2.75, 3.05) is 12.8 Å². The van der Waals surface area contributed by atoms with Crippen molar-refractivity contribution in [3.63, 3.8) is 0 Å². The number of hydrogen-bond donors (Lipinski definition) is 1. The maximum atomic E-state index is 13.8. The molecule has 3 rings (SSSR count). The number of nitrogen functional groups attached to an aromatic ring is 1. The number of methoxy groups -OCH3 is 1. The van der Waals surface area contributed by atoms with Gasteiger partial charge in [-0.15, -0.1) is 11.3 Å². The zero-order chi connectivity index (χ0) is 17.7. The number of rotatable bonds is 3. The number of aromatic nitrogens is 1. The van der Waals surface area contributed by atoms with E-state index >= 15 is 0 Å². The Labute approximate surface area is 142 Å². The Morgan fingerprint density at radius 2 is 1.96 bits per heavy atom. The van der Waals surface area contributed by atoms with Crippen molar-refractivity contribution in [1.82, 2.24) is 4.98 Å². The summed E-state index contributed by atoms with van der Waals surface area (Å²) in [7, 11) is 1.31. The summed E-state index contributed by atoms with van der Waals surface area (Å²) in [6.07, 6.45) is 1.53. The Bertz CT molecular complexity index is 864. The molecular formula is C17H17FN2O3S. The topological polar surface area (TPSA) is 74.4 Å². The number of esters is 1. The number of carbonyl (C=O) groups excluding carboxylic acids is 1. The average Bonchev–Trinajstić information content (AvgIpc) is 3.03. The molecule has 126 valence electrons. The molecule has 0 amide bonds. The van der Waals surface area contributed by atoms with E-state index < -0.39 is 11.8 Å². The van der Waals surface area contributed by atoms with Crippen LogP contribution >= 0.6 is 11.3 Å². The molecule has 2 N–H and O–H groups in total. The lowest BCUT2D eigenvalue weighted by molar-refractivity contribution is 0.0606. The molecule has 0 fully saturated rings. The van der Waals surface area contributed by atoms with E-state index in [-0.39, 0.29) is 5.75 Å². The van der Waals surface area contributed by atoms with Crippen molar-refractivity contribution >= 4 is 33.2 Å². The van der Waals surface area contributed by atoms with Crippen LogP contribution in [0, 0.1) is 5.82 Å². The second kappa shape index (κ2) is 7.74. The number of pyridine rings is 1. The lowest BCUT2D eigenvalue weighted by Crippen LogP contribution is -1.96. The maximum Gasteiger partial charge on any atom is 0.348 e. The molecule has 0 bridgehead atoms. The number of fused-ring (bicyclic) bond motifs is 1. The van der Waals surface area contributed by atoms with E-state index in [1.54, 1.807) is 18.2 Å². The fourth-order valence-corrected chi connectivity index (χ4v) is 2.90. The molecule has 1 aromatic carbocycles. The molecule has 5 nitrogen and oxygen atoms in total. The zero-order valence-corrected chi connectivity index (χ0v) is 14.3. The van der Waals surface area contributed by atoms with E-state index in [2.05, 4.69) is 9.72 Å². The summed E-state index contributed by atoms with van der Waals surface area (Å²) in [5.41, 5.74) is 6.40. The van der Waals surface area contributed by atoms with Gasteiger partial charge in [-0.2, -0.15) is 0 Å². The molecule has 0 unspecified atom stereocenters. The van der Waals surface area contributed by atoms with Gasteiger partial charge in [-0.1, -0.05) is 13.8 Å². The molecule has 0 atom stereocenters. The van der Waals surface area contributed by atoms with Crippen molar-refractivity contribution in [2.45, 2.75) is 13.8 Å². The second-order valence-electron chi connectivity index (χ2n) is 4.42. The van der Waals surface area contributed by atoms with Gasteiger partial charge in [0.15, 0.2) is 11.6 Å². The third-order valence-electron chi connectivity index (χ3n) is 2.94. The largest absolute Gasteiger partial charge is 0.465 e. The summed E-state index contributed by atoms with van der Waals surface area (Å²) in [4.78, 5) is 16.2. The van der Waals surface area contributed by atoms with Crippen molar-refractivity contribution in [2.24, 2.45) is 0 Å². The summed E-state index contributed by atoms with van der Waals surface area (Å²) in [5.74, 6) is -0.550.